The van der Waals surface area contributed by atoms with Gasteiger partial charge in [-0.1, -0.05) is 6.08 Å². The molecule has 1 aromatic heterocycles. The number of nitrogen functional groups attached to an aromatic ring is 1. The van der Waals surface area contributed by atoms with Gasteiger partial charge in [0, 0.05) is 5.38 Å². The van der Waals surface area contributed by atoms with E-state index in [1.807, 2.05) is 0 Å². The molecule has 1 radical (unpaired) electrons. The van der Waals surface area contributed by atoms with Crippen LogP contribution in [0.15, 0.2) is 11.5 Å². The zero-order valence-corrected chi connectivity index (χ0v) is 7.31. The van der Waals surface area contributed by atoms with E-state index in [1.54, 1.807) is 18.4 Å². The van der Waals surface area contributed by atoms with Crippen molar-refractivity contribution in [2.75, 3.05) is 5.73 Å². The van der Waals surface area contributed by atoms with E-state index in [0.29, 0.717) is 16.4 Å². The summed E-state index contributed by atoms with van der Waals surface area (Å²) in [6, 6.07) is 0. The molecule has 0 aliphatic heterocycles. The number of allylic oxidation sites excluding steroid dienone is 1. The second-order valence-corrected chi connectivity index (χ2v) is 2.99. The lowest BCUT2D eigenvalue weighted by Gasteiger charge is -1.94. The second-order valence-electron chi connectivity index (χ2n) is 2.10. The van der Waals surface area contributed by atoms with Gasteiger partial charge in [0.1, 0.15) is 0 Å². The molecule has 0 spiro atoms. The highest BCUT2D eigenvalue weighted by Crippen LogP contribution is 2.18. The minimum Gasteiger partial charge on any atom is -0.375 e. The van der Waals surface area contributed by atoms with Crippen LogP contribution in [-0.4, -0.2) is 10.9 Å². The average molecular weight is 182 g/mol. The van der Waals surface area contributed by atoms with Crippen LogP contribution in [0.2, 0.25) is 0 Å². The monoisotopic (exact) mass is 182 g/mol. The molecule has 0 atom stereocenters. The average Bonchev–Trinajstić information content (AvgIpc) is 2.37. The maximum absolute atomic E-state index is 10.7. The lowest BCUT2D eigenvalue weighted by Crippen LogP contribution is -2.01. The summed E-state index contributed by atoms with van der Waals surface area (Å²) >= 11 is 1.26. The smallest absolute Gasteiger partial charge is 0.271 e. The number of amides is 1. The zero-order valence-electron chi connectivity index (χ0n) is 6.50. The number of hydrogen-bond acceptors (Lipinski definition) is 4. The number of anilines is 1. The zero-order chi connectivity index (χ0) is 9.14. The largest absolute Gasteiger partial charge is 0.375 e. The van der Waals surface area contributed by atoms with E-state index in [-0.39, 0.29) is 0 Å². The van der Waals surface area contributed by atoms with Gasteiger partial charge in [-0.05, 0) is 6.92 Å². The molecule has 1 rings (SSSR count). The minimum atomic E-state index is -0.734. The van der Waals surface area contributed by atoms with Crippen molar-refractivity contribution >= 4 is 27.9 Å². The van der Waals surface area contributed by atoms with Crippen molar-refractivity contribution in [1.29, 1.82) is 0 Å². The summed E-state index contributed by atoms with van der Waals surface area (Å²) < 4.78 is 0. The topological polar surface area (TPSA) is 79.8 Å². The van der Waals surface area contributed by atoms with E-state index in [2.05, 4.69) is 4.98 Å². The normalized spacial score (nSPS) is 11.6. The summed E-state index contributed by atoms with van der Waals surface area (Å²) in [7, 11) is 0. The highest BCUT2D eigenvalue weighted by Gasteiger charge is 2.10. The van der Waals surface area contributed by atoms with Crippen molar-refractivity contribution in [1.82, 2.24) is 10.7 Å². The van der Waals surface area contributed by atoms with E-state index in [0.717, 1.165) is 0 Å². The first-order valence-corrected chi connectivity index (χ1v) is 4.16. The van der Waals surface area contributed by atoms with Gasteiger partial charge in [-0.25, -0.2) is 4.98 Å². The Kier molecular flexibility index (Phi) is 2.44. The van der Waals surface area contributed by atoms with E-state index in [4.69, 9.17) is 11.5 Å². The third kappa shape index (κ3) is 1.62. The van der Waals surface area contributed by atoms with Gasteiger partial charge in [0.25, 0.3) is 5.91 Å². The van der Waals surface area contributed by atoms with Gasteiger partial charge in [0.15, 0.2) is 5.13 Å². The van der Waals surface area contributed by atoms with Crippen LogP contribution in [0, 0.1) is 0 Å². The third-order valence-electron chi connectivity index (χ3n) is 1.33. The van der Waals surface area contributed by atoms with Crippen LogP contribution < -0.4 is 11.5 Å². The van der Waals surface area contributed by atoms with Crippen molar-refractivity contribution in [3.8, 4) is 0 Å². The second kappa shape index (κ2) is 3.36. The Bertz CT molecular complexity index is 329. The first-order chi connectivity index (χ1) is 5.65. The lowest BCUT2D eigenvalue weighted by atomic mass is 10.2. The predicted molar refractivity (Wildman–Crippen MR) is 48.3 cm³/mol. The molecule has 0 saturated heterocycles. The first kappa shape index (κ1) is 8.73. The minimum absolute atomic E-state index is 0.294. The molecule has 0 saturated carbocycles. The molecule has 0 aromatic carbocycles. The molecule has 0 unspecified atom stereocenters. The van der Waals surface area contributed by atoms with Crippen LogP contribution in [0.3, 0.4) is 0 Å². The number of aromatic nitrogens is 1. The van der Waals surface area contributed by atoms with Crippen LogP contribution in [0.1, 0.15) is 12.6 Å². The molecule has 0 fully saturated rings. The van der Waals surface area contributed by atoms with Crippen LogP contribution in [0.5, 0.6) is 0 Å². The Hall–Kier alpha value is -1.36. The van der Waals surface area contributed by atoms with Crippen LogP contribution in [0.25, 0.3) is 5.57 Å². The number of nitrogens with one attached hydrogen (secondary N) is 1. The molecule has 1 amide bonds. The molecule has 0 bridgehead atoms. The Morgan fingerprint density at radius 2 is 2.50 bits per heavy atom. The van der Waals surface area contributed by atoms with Gasteiger partial charge < -0.3 is 5.73 Å². The van der Waals surface area contributed by atoms with Gasteiger partial charge in [-0.2, -0.15) is 0 Å². The first-order valence-electron chi connectivity index (χ1n) is 3.28. The van der Waals surface area contributed by atoms with Gasteiger partial charge in [0.2, 0.25) is 0 Å². The number of rotatable bonds is 2. The van der Waals surface area contributed by atoms with Crippen molar-refractivity contribution in [2.24, 2.45) is 0 Å². The summed E-state index contributed by atoms with van der Waals surface area (Å²) in [5, 5.41) is 2.07. The highest BCUT2D eigenvalue weighted by molar-refractivity contribution is 7.13. The molecule has 3 N–H and O–H groups in total. The number of nitrogens with two attached hydrogens (primary N) is 1. The molecule has 1 heterocycles. The molecule has 1 aromatic rings. The Morgan fingerprint density at radius 1 is 1.83 bits per heavy atom. The van der Waals surface area contributed by atoms with Crippen molar-refractivity contribution < 1.29 is 4.79 Å². The van der Waals surface area contributed by atoms with Crippen LogP contribution in [-0.2, 0) is 4.79 Å². The molecular weight excluding hydrogens is 174 g/mol. The van der Waals surface area contributed by atoms with Gasteiger partial charge in [-0.15, -0.1) is 11.3 Å². The number of hydrogen-bond donors (Lipinski definition) is 1. The van der Waals surface area contributed by atoms with Gasteiger partial charge in [-0.3, -0.25) is 10.5 Å². The standard InChI is InChI=1S/C7H8N3OS/c1-2-4(6(8)11)5-3-12-7(9)10-5/h2-3,8H,1H3,(H2,9,10). The number of thiazole rings is 1. The summed E-state index contributed by atoms with van der Waals surface area (Å²) in [4.78, 5) is 14.6. The van der Waals surface area contributed by atoms with Gasteiger partial charge in [0.05, 0.1) is 11.3 Å². The molecule has 5 heteroatoms. The molecule has 0 aliphatic carbocycles. The highest BCUT2D eigenvalue weighted by atomic mass is 32.1. The van der Waals surface area contributed by atoms with Crippen LogP contribution in [0.4, 0.5) is 5.13 Å². The fourth-order valence-electron chi connectivity index (χ4n) is 0.807. The molecular formula is C7H8N3OS. The van der Waals surface area contributed by atoms with Crippen molar-refractivity contribution in [3.05, 3.63) is 17.2 Å². The molecule has 0 aliphatic rings. The summed E-state index contributed by atoms with van der Waals surface area (Å²) in [6.45, 7) is 1.69. The SMILES string of the molecule is CC=C(C([NH])=O)c1csc(N)n1. The lowest BCUT2D eigenvalue weighted by molar-refractivity contribution is -0.113. The Balaban J connectivity index is 3.04. The number of carbonyl (C=O) groups is 1. The van der Waals surface area contributed by atoms with Crippen molar-refractivity contribution in [2.45, 2.75) is 6.92 Å². The fraction of sp³-hybridized carbons (Fsp3) is 0.143. The number of nitrogens with zero attached hydrogens (tertiary/aromatic N) is 1. The quantitative estimate of drug-likeness (QED) is 0.691. The molecule has 12 heavy (non-hydrogen) atoms. The maximum atomic E-state index is 10.7. The molecule has 63 valence electrons. The van der Waals surface area contributed by atoms with Gasteiger partial charge >= 0.3 is 0 Å². The fourth-order valence-corrected chi connectivity index (χ4v) is 1.37. The summed E-state index contributed by atoms with van der Waals surface area (Å²) in [5.74, 6) is -0.734. The third-order valence-corrected chi connectivity index (χ3v) is 2.01. The van der Waals surface area contributed by atoms with Crippen LogP contribution >= 0.6 is 11.3 Å². The summed E-state index contributed by atoms with van der Waals surface area (Å²) in [5.41, 5.74) is 13.1. The summed E-state index contributed by atoms with van der Waals surface area (Å²) in [6.07, 6.45) is 1.56. The Labute approximate surface area is 73.9 Å². The van der Waals surface area contributed by atoms with E-state index < -0.39 is 5.91 Å². The molecule has 4 nitrogen and oxygen atoms in total. The van der Waals surface area contributed by atoms with E-state index in [1.165, 1.54) is 11.3 Å². The maximum Gasteiger partial charge on any atom is 0.271 e. The van der Waals surface area contributed by atoms with E-state index in [9.17, 15) is 4.79 Å². The van der Waals surface area contributed by atoms with E-state index >= 15 is 0 Å². The van der Waals surface area contributed by atoms with Crippen molar-refractivity contribution in [3.63, 3.8) is 0 Å². The number of carbonyl (C=O) groups excluding carboxylic acids is 1. The predicted octanol–water partition coefficient (Wildman–Crippen LogP) is 0.938. The Morgan fingerprint density at radius 3 is 2.83 bits per heavy atom.